The van der Waals surface area contributed by atoms with Crippen LogP contribution in [0.1, 0.15) is 12.5 Å². The van der Waals surface area contributed by atoms with E-state index in [2.05, 4.69) is 10.3 Å². The summed E-state index contributed by atoms with van der Waals surface area (Å²) in [5.74, 6) is 1.12. The van der Waals surface area contributed by atoms with Crippen molar-refractivity contribution in [3.63, 3.8) is 0 Å². The van der Waals surface area contributed by atoms with Crippen LogP contribution in [0, 0.1) is 5.41 Å². The summed E-state index contributed by atoms with van der Waals surface area (Å²) in [6.45, 7) is 2.73. The molecule has 0 aliphatic heterocycles. The summed E-state index contributed by atoms with van der Waals surface area (Å²) >= 11 is 12.2. The predicted octanol–water partition coefficient (Wildman–Crippen LogP) is 3.44. The van der Waals surface area contributed by atoms with Gasteiger partial charge in [0.15, 0.2) is 0 Å². The number of anilines is 1. The van der Waals surface area contributed by atoms with Crippen LogP contribution < -0.4 is 11.1 Å². The second-order valence-electron chi connectivity index (χ2n) is 4.91. The maximum Gasteiger partial charge on any atom is 0.226 e. The number of amidine groups is 1. The monoisotopic (exact) mass is 350 g/mol. The Morgan fingerprint density at radius 2 is 2.09 bits per heavy atom. The van der Waals surface area contributed by atoms with Gasteiger partial charge < -0.3 is 11.1 Å². The van der Waals surface area contributed by atoms with Crippen LogP contribution in [-0.4, -0.2) is 35.3 Å². The van der Waals surface area contributed by atoms with Gasteiger partial charge in [-0.3, -0.25) is 0 Å². The number of nitrogens with zero attached hydrogens (tertiary/aromatic N) is 2. The van der Waals surface area contributed by atoms with E-state index in [9.17, 15) is 0 Å². The molecule has 0 atom stereocenters. The van der Waals surface area contributed by atoms with Crippen LogP contribution in [0.15, 0.2) is 30.3 Å². The molecule has 0 amide bonds. The molecule has 0 bridgehead atoms. The van der Waals surface area contributed by atoms with E-state index in [0.29, 0.717) is 21.8 Å². The Morgan fingerprint density at radius 1 is 1.35 bits per heavy atom. The summed E-state index contributed by atoms with van der Waals surface area (Å²) in [4.78, 5) is 4.24. The minimum Gasteiger partial charge on any atom is -0.370 e. The molecular formula is C16H18Cl2N5+. The molecule has 0 saturated heterocycles. The van der Waals surface area contributed by atoms with Gasteiger partial charge in [-0.2, -0.15) is 5.41 Å². The number of nitrogens with two attached hydrogens (primary N) is 1. The Bertz CT molecular complexity index is 771. The second kappa shape index (κ2) is 7.44. The largest absolute Gasteiger partial charge is 0.370 e. The second-order valence-corrected chi connectivity index (χ2v) is 5.73. The third kappa shape index (κ3) is 4.00. The number of benzene rings is 1. The van der Waals surface area contributed by atoms with Gasteiger partial charge >= 0.3 is 0 Å². The summed E-state index contributed by atoms with van der Waals surface area (Å²) in [5.41, 5.74) is 8.62. The molecule has 0 fully saturated rings. The molecule has 1 aromatic carbocycles. The fourth-order valence-corrected chi connectivity index (χ4v) is 2.54. The minimum absolute atomic E-state index is 0.387. The van der Waals surface area contributed by atoms with Gasteiger partial charge in [0, 0.05) is 11.6 Å². The molecule has 2 aromatic rings. The van der Waals surface area contributed by atoms with Crippen molar-refractivity contribution in [2.75, 3.05) is 18.9 Å². The van der Waals surface area contributed by atoms with E-state index >= 15 is 0 Å². The molecule has 2 rings (SSSR count). The van der Waals surface area contributed by atoms with E-state index in [1.807, 2.05) is 19.1 Å². The summed E-state index contributed by atoms with van der Waals surface area (Å²) < 4.78 is 1.52. The van der Waals surface area contributed by atoms with Crippen molar-refractivity contribution in [3.8, 4) is 11.1 Å². The van der Waals surface area contributed by atoms with Gasteiger partial charge in [0.1, 0.15) is 11.0 Å². The fraction of sp³-hybridized carbons (Fsp3) is 0.188. The van der Waals surface area contributed by atoms with Crippen LogP contribution in [0.3, 0.4) is 0 Å². The van der Waals surface area contributed by atoms with Gasteiger partial charge in [0.05, 0.1) is 12.6 Å². The van der Waals surface area contributed by atoms with Gasteiger partial charge in [0.25, 0.3) is 0 Å². The van der Waals surface area contributed by atoms with Crippen molar-refractivity contribution in [1.29, 1.82) is 5.41 Å². The van der Waals surface area contributed by atoms with Crippen molar-refractivity contribution in [2.24, 2.45) is 5.73 Å². The number of hydrogen-bond donors (Lipinski definition) is 3. The predicted molar refractivity (Wildman–Crippen MR) is 97.1 cm³/mol. The Balaban J connectivity index is 2.67. The Morgan fingerprint density at radius 3 is 2.74 bits per heavy atom. The summed E-state index contributed by atoms with van der Waals surface area (Å²) in [7, 11) is 1.70. The SMILES string of the molecule is CCNc1cc(-c2ccc(Cl)cc2C(N)=[N+](C)C=N)cc(Cl)n1. The molecule has 23 heavy (non-hydrogen) atoms. The summed E-state index contributed by atoms with van der Waals surface area (Å²) in [6.07, 6.45) is 1.14. The van der Waals surface area contributed by atoms with E-state index in [-0.39, 0.29) is 0 Å². The topological polar surface area (TPSA) is 77.8 Å². The molecule has 120 valence electrons. The van der Waals surface area contributed by atoms with Gasteiger partial charge in [-0.1, -0.05) is 29.3 Å². The molecule has 5 nitrogen and oxygen atoms in total. The molecule has 0 radical (unpaired) electrons. The van der Waals surface area contributed by atoms with Crippen LogP contribution >= 0.6 is 23.2 Å². The lowest BCUT2D eigenvalue weighted by molar-refractivity contribution is -0.361. The first-order valence-electron chi connectivity index (χ1n) is 7.03. The van der Waals surface area contributed by atoms with Crippen molar-refractivity contribution in [3.05, 3.63) is 46.1 Å². The lowest BCUT2D eigenvalue weighted by atomic mass is 9.99. The van der Waals surface area contributed by atoms with Crippen LogP contribution in [0.2, 0.25) is 10.2 Å². The van der Waals surface area contributed by atoms with Gasteiger partial charge in [-0.05, 0) is 42.3 Å². The zero-order valence-corrected chi connectivity index (χ0v) is 14.4. The first kappa shape index (κ1) is 17.2. The van der Waals surface area contributed by atoms with Gasteiger partial charge in [-0.15, -0.1) is 0 Å². The molecule has 7 heteroatoms. The fourth-order valence-electron chi connectivity index (χ4n) is 2.16. The third-order valence-corrected chi connectivity index (χ3v) is 3.72. The lowest BCUT2D eigenvalue weighted by Crippen LogP contribution is -2.26. The summed E-state index contributed by atoms with van der Waals surface area (Å²) in [6, 6.07) is 9.11. The van der Waals surface area contributed by atoms with Crippen LogP contribution in [-0.2, 0) is 0 Å². The molecule has 4 N–H and O–H groups in total. The average molecular weight is 351 g/mol. The molecular weight excluding hydrogens is 333 g/mol. The first-order chi connectivity index (χ1) is 11.0. The van der Waals surface area contributed by atoms with Crippen molar-refractivity contribution in [1.82, 2.24) is 4.98 Å². The molecule has 0 unspecified atom stereocenters. The number of pyridine rings is 1. The molecule has 1 aromatic heterocycles. The number of hydrogen-bond acceptors (Lipinski definition) is 3. The van der Waals surface area contributed by atoms with Crippen LogP contribution in [0.25, 0.3) is 11.1 Å². The van der Waals surface area contributed by atoms with Crippen LogP contribution in [0.5, 0.6) is 0 Å². The van der Waals surface area contributed by atoms with E-state index < -0.39 is 0 Å². The highest BCUT2D eigenvalue weighted by Crippen LogP contribution is 2.29. The normalized spacial score (nSPS) is 11.8. The van der Waals surface area contributed by atoms with E-state index in [0.717, 1.165) is 29.6 Å². The molecule has 0 saturated carbocycles. The molecule has 1 heterocycles. The maximum absolute atomic E-state index is 7.37. The number of aromatic nitrogens is 1. The van der Waals surface area contributed by atoms with E-state index in [1.165, 1.54) is 4.58 Å². The van der Waals surface area contributed by atoms with Gasteiger partial charge in [0.2, 0.25) is 12.2 Å². The zero-order valence-electron chi connectivity index (χ0n) is 12.9. The molecule has 0 aliphatic rings. The highest BCUT2D eigenvalue weighted by Gasteiger charge is 2.15. The third-order valence-electron chi connectivity index (χ3n) is 3.29. The standard InChI is InChI=1S/C16H17Cl2N5/c1-3-21-15-7-10(6-14(18)22-15)12-5-4-11(17)8-13(12)16(20)23(2)9-19/h4-9,19-20H,3H2,1-2H3,(H,21,22)/p+1. The number of rotatable bonds is 5. The highest BCUT2D eigenvalue weighted by atomic mass is 35.5. The van der Waals surface area contributed by atoms with Crippen molar-refractivity contribution < 1.29 is 4.58 Å². The van der Waals surface area contributed by atoms with Gasteiger partial charge in [-0.25, -0.2) is 9.56 Å². The van der Waals surface area contributed by atoms with E-state index in [4.69, 9.17) is 34.3 Å². The lowest BCUT2D eigenvalue weighted by Gasteiger charge is -2.12. The highest BCUT2D eigenvalue weighted by molar-refractivity contribution is 6.31. The van der Waals surface area contributed by atoms with E-state index in [1.54, 1.807) is 25.2 Å². The molecule has 0 spiro atoms. The van der Waals surface area contributed by atoms with Crippen molar-refractivity contribution >= 4 is 41.2 Å². The average Bonchev–Trinajstić information content (AvgIpc) is 2.53. The maximum atomic E-state index is 7.37. The van der Waals surface area contributed by atoms with Crippen molar-refractivity contribution in [2.45, 2.75) is 6.92 Å². The number of halogens is 2. The Kier molecular flexibility index (Phi) is 5.58. The Hall–Kier alpha value is -2.11. The zero-order chi connectivity index (χ0) is 17.0. The quantitative estimate of drug-likeness (QED) is 0.334. The van der Waals surface area contributed by atoms with Crippen LogP contribution in [0.4, 0.5) is 5.82 Å². The first-order valence-corrected chi connectivity index (χ1v) is 7.79. The Labute approximate surface area is 145 Å². The summed E-state index contributed by atoms with van der Waals surface area (Å²) in [5, 5.41) is 11.5. The minimum atomic E-state index is 0.387. The molecule has 0 aliphatic carbocycles. The number of nitrogens with one attached hydrogen (secondary N) is 2. The smallest absolute Gasteiger partial charge is 0.226 e.